The fourth-order valence-electron chi connectivity index (χ4n) is 2.04. The summed E-state index contributed by atoms with van der Waals surface area (Å²) in [5.74, 6) is -0.490. The van der Waals surface area contributed by atoms with Gasteiger partial charge >= 0.3 is 5.97 Å². The number of aliphatic carboxylic acids is 1. The van der Waals surface area contributed by atoms with Crippen molar-refractivity contribution in [3.8, 4) is 17.0 Å². The Hall–Kier alpha value is -3.42. The van der Waals surface area contributed by atoms with E-state index in [2.05, 4.69) is 4.98 Å². The van der Waals surface area contributed by atoms with Gasteiger partial charge in [-0.15, -0.1) is 0 Å². The molecule has 0 radical (unpaired) electrons. The number of nitrogens with one attached hydrogen (secondary N) is 1. The minimum Gasteiger partial charge on any atom is -0.492 e. The molecule has 1 aromatic carbocycles. The van der Waals surface area contributed by atoms with Crippen LogP contribution in [-0.4, -0.2) is 41.6 Å². The Morgan fingerprint density at radius 1 is 1.18 bits per heavy atom. The highest BCUT2D eigenvalue weighted by Gasteiger charge is 2.29. The molecule has 0 bridgehead atoms. The predicted molar refractivity (Wildman–Crippen MR) is 105 cm³/mol. The summed E-state index contributed by atoms with van der Waals surface area (Å²) in [5, 5.41) is 14.8. The summed E-state index contributed by atoms with van der Waals surface area (Å²) >= 11 is 0. The van der Waals surface area contributed by atoms with Gasteiger partial charge < -0.3 is 20.3 Å². The molecule has 0 aliphatic rings. The van der Waals surface area contributed by atoms with Gasteiger partial charge in [-0.3, -0.25) is 20.0 Å². The molecule has 0 saturated heterocycles. The van der Waals surface area contributed by atoms with Gasteiger partial charge in [0.15, 0.2) is 0 Å². The van der Waals surface area contributed by atoms with Crippen molar-refractivity contribution in [1.29, 1.82) is 5.41 Å². The van der Waals surface area contributed by atoms with E-state index >= 15 is 0 Å². The zero-order valence-electron chi connectivity index (χ0n) is 16.4. The van der Waals surface area contributed by atoms with Crippen LogP contribution in [0.15, 0.2) is 42.6 Å². The number of nitrogen functional groups attached to an aromatic ring is 1. The monoisotopic (exact) mass is 387 g/mol. The molecular formula is C20H25N3O5. The lowest BCUT2D eigenvalue weighted by atomic mass is 9.95. The van der Waals surface area contributed by atoms with E-state index in [-0.39, 0.29) is 18.4 Å². The Kier molecular flexibility index (Phi) is 8.12. The average molecular weight is 387 g/mol. The second kappa shape index (κ2) is 10.1. The molecule has 0 atom stereocenters. The van der Waals surface area contributed by atoms with Gasteiger partial charge in [-0.25, -0.2) is 0 Å². The number of benzene rings is 1. The number of carboxylic acids is 1. The van der Waals surface area contributed by atoms with Crippen LogP contribution in [0, 0.1) is 10.8 Å². The second-order valence-electron chi connectivity index (χ2n) is 6.55. The molecule has 150 valence electrons. The number of ether oxygens (including phenoxy) is 2. The summed E-state index contributed by atoms with van der Waals surface area (Å²) in [5.41, 5.74) is 6.99. The van der Waals surface area contributed by atoms with Crippen LogP contribution < -0.4 is 10.5 Å². The number of rotatable bonds is 6. The summed E-state index contributed by atoms with van der Waals surface area (Å²) in [6.07, 6.45) is 1.57. The van der Waals surface area contributed by atoms with Crippen molar-refractivity contribution in [1.82, 2.24) is 4.98 Å². The van der Waals surface area contributed by atoms with Crippen LogP contribution in [0.25, 0.3) is 11.3 Å². The molecule has 8 heteroatoms. The van der Waals surface area contributed by atoms with Crippen LogP contribution in [0.3, 0.4) is 0 Å². The Balaban J connectivity index is 0.000000892. The number of amidine groups is 1. The van der Waals surface area contributed by atoms with Crippen molar-refractivity contribution in [3.05, 3.63) is 48.2 Å². The number of nitrogens with two attached hydrogens (primary N) is 1. The smallest absolute Gasteiger partial charge is 0.314 e. The van der Waals surface area contributed by atoms with E-state index in [9.17, 15) is 4.79 Å². The molecule has 0 aliphatic carbocycles. The zero-order valence-corrected chi connectivity index (χ0v) is 16.4. The van der Waals surface area contributed by atoms with Gasteiger partial charge in [0.1, 0.15) is 18.2 Å². The van der Waals surface area contributed by atoms with E-state index in [0.717, 1.165) is 18.2 Å². The van der Waals surface area contributed by atoms with E-state index < -0.39 is 11.4 Å². The van der Waals surface area contributed by atoms with Crippen LogP contribution in [0.5, 0.6) is 5.75 Å². The number of carboxylic acid groups (broad SMARTS) is 1. The van der Waals surface area contributed by atoms with Crippen LogP contribution in [0.1, 0.15) is 26.3 Å². The molecule has 4 N–H and O–H groups in total. The van der Waals surface area contributed by atoms with Gasteiger partial charge in [-0.1, -0.05) is 0 Å². The van der Waals surface area contributed by atoms with Gasteiger partial charge in [0, 0.05) is 24.2 Å². The molecule has 2 rings (SSSR count). The van der Waals surface area contributed by atoms with E-state index in [0.29, 0.717) is 11.3 Å². The van der Waals surface area contributed by atoms with E-state index in [4.69, 9.17) is 30.5 Å². The Morgan fingerprint density at radius 2 is 1.75 bits per heavy atom. The number of pyridine rings is 1. The molecule has 0 aliphatic heterocycles. The van der Waals surface area contributed by atoms with Crippen LogP contribution in [0.4, 0.5) is 0 Å². The van der Waals surface area contributed by atoms with Crippen molar-refractivity contribution < 1.29 is 24.2 Å². The van der Waals surface area contributed by atoms with E-state index in [1.54, 1.807) is 26.1 Å². The summed E-state index contributed by atoms with van der Waals surface area (Å²) in [6.45, 7) is 4.85. The van der Waals surface area contributed by atoms with Gasteiger partial charge in [0.25, 0.3) is 5.97 Å². The number of methoxy groups -OCH3 is 1. The molecule has 0 amide bonds. The minimum atomic E-state index is -0.833. The molecule has 0 spiro atoms. The Labute approximate surface area is 163 Å². The first-order valence-electron chi connectivity index (χ1n) is 8.38. The maximum absolute atomic E-state index is 11.6. The molecule has 0 saturated carbocycles. The number of esters is 1. The average Bonchev–Trinajstić information content (AvgIpc) is 2.65. The third kappa shape index (κ3) is 7.06. The Morgan fingerprint density at radius 3 is 2.18 bits per heavy atom. The molecule has 1 aromatic heterocycles. The highest BCUT2D eigenvalue weighted by molar-refractivity contribution is 5.94. The first-order valence-corrected chi connectivity index (χ1v) is 8.38. The minimum absolute atomic E-state index is 0.00832. The molecule has 0 unspecified atom stereocenters. The summed E-state index contributed by atoms with van der Waals surface area (Å²) < 4.78 is 10.4. The van der Waals surface area contributed by atoms with Crippen molar-refractivity contribution in [2.24, 2.45) is 11.1 Å². The van der Waals surface area contributed by atoms with Crippen LogP contribution in [-0.2, 0) is 14.3 Å². The summed E-state index contributed by atoms with van der Waals surface area (Å²) in [4.78, 5) is 24.9. The number of carbonyl (C=O) groups is 2. The molecule has 0 fully saturated rings. The normalized spacial score (nSPS) is 10.3. The first kappa shape index (κ1) is 22.6. The first-order chi connectivity index (χ1) is 13.1. The van der Waals surface area contributed by atoms with Crippen molar-refractivity contribution >= 4 is 17.8 Å². The Bertz CT molecular complexity index is 811. The van der Waals surface area contributed by atoms with Crippen molar-refractivity contribution in [3.63, 3.8) is 0 Å². The largest absolute Gasteiger partial charge is 0.492 e. The van der Waals surface area contributed by atoms with Gasteiger partial charge in [0.2, 0.25) is 0 Å². The van der Waals surface area contributed by atoms with E-state index in [1.165, 1.54) is 7.11 Å². The third-order valence-electron chi connectivity index (χ3n) is 3.56. The van der Waals surface area contributed by atoms with Gasteiger partial charge in [-0.05, 0) is 50.2 Å². The number of aromatic nitrogens is 1. The summed E-state index contributed by atoms with van der Waals surface area (Å²) in [6, 6.07) is 11.0. The third-order valence-corrected chi connectivity index (χ3v) is 3.56. The zero-order chi connectivity index (χ0) is 21.3. The fourth-order valence-corrected chi connectivity index (χ4v) is 2.04. The van der Waals surface area contributed by atoms with Crippen LogP contribution >= 0.6 is 0 Å². The van der Waals surface area contributed by atoms with Gasteiger partial charge in [0.05, 0.1) is 18.2 Å². The number of hydrogen-bond acceptors (Lipinski definition) is 6. The maximum atomic E-state index is 11.6. The SMILES string of the molecule is CC(=O)O.COC(=O)C(C)(C)COc1ccc(-c2ccc(C(=N)N)cn2)cc1. The lowest BCUT2D eigenvalue weighted by Crippen LogP contribution is -2.32. The highest BCUT2D eigenvalue weighted by atomic mass is 16.5. The maximum Gasteiger partial charge on any atom is 0.314 e. The number of hydrogen-bond donors (Lipinski definition) is 3. The fraction of sp³-hybridized carbons (Fsp3) is 0.300. The standard InChI is InChI=1S/C18H21N3O3.C2H4O2/c1-18(2,17(22)23-3)11-24-14-7-4-12(5-8-14)15-9-6-13(10-21-15)16(19)20;1-2(3)4/h4-10H,11H2,1-3H3,(H3,19,20);1H3,(H,3,4). The second-order valence-corrected chi connectivity index (χ2v) is 6.55. The lowest BCUT2D eigenvalue weighted by molar-refractivity contribution is -0.152. The van der Waals surface area contributed by atoms with Crippen molar-refractivity contribution in [2.45, 2.75) is 20.8 Å². The number of nitrogens with zero attached hydrogens (tertiary/aromatic N) is 1. The quantitative estimate of drug-likeness (QED) is 0.394. The van der Waals surface area contributed by atoms with Gasteiger partial charge in [-0.2, -0.15) is 0 Å². The lowest BCUT2D eigenvalue weighted by Gasteiger charge is -2.21. The van der Waals surface area contributed by atoms with E-state index in [1.807, 2.05) is 30.3 Å². The molecular weight excluding hydrogens is 362 g/mol. The summed E-state index contributed by atoms with van der Waals surface area (Å²) in [7, 11) is 1.36. The number of carbonyl (C=O) groups excluding carboxylic acids is 1. The predicted octanol–water partition coefficient (Wildman–Crippen LogP) is 2.70. The van der Waals surface area contributed by atoms with Crippen LogP contribution in [0.2, 0.25) is 0 Å². The highest BCUT2D eigenvalue weighted by Crippen LogP contribution is 2.23. The van der Waals surface area contributed by atoms with Crippen molar-refractivity contribution in [2.75, 3.05) is 13.7 Å². The topological polar surface area (TPSA) is 136 Å². The molecule has 8 nitrogen and oxygen atoms in total. The molecule has 1 heterocycles. The molecule has 2 aromatic rings. The molecule has 28 heavy (non-hydrogen) atoms.